The Labute approximate surface area is 160 Å². The zero-order chi connectivity index (χ0) is 18.7. The van der Waals surface area contributed by atoms with E-state index in [9.17, 15) is 10.0 Å². The zero-order valence-corrected chi connectivity index (χ0v) is 16.4. The van der Waals surface area contributed by atoms with E-state index >= 15 is 0 Å². The molecule has 7 heteroatoms. The molecule has 0 saturated heterocycles. The van der Waals surface area contributed by atoms with Crippen molar-refractivity contribution >= 4 is 34.1 Å². The molecule has 134 valence electrons. The first-order valence-corrected chi connectivity index (χ1v) is 9.95. The predicted molar refractivity (Wildman–Crippen MR) is 107 cm³/mol. The number of nitrogens with zero attached hydrogens (tertiary/aromatic N) is 2. The van der Waals surface area contributed by atoms with Gasteiger partial charge in [0, 0.05) is 23.1 Å². The second kappa shape index (κ2) is 7.88. The lowest BCUT2D eigenvalue weighted by atomic mass is 9.99. The van der Waals surface area contributed by atoms with E-state index in [4.69, 9.17) is 0 Å². The smallest absolute Gasteiger partial charge is 0.251 e. The van der Waals surface area contributed by atoms with Crippen molar-refractivity contribution in [3.05, 3.63) is 63.8 Å². The first kappa shape index (κ1) is 18.4. The number of thiazole rings is 1. The number of nitrogens with one attached hydrogen (secondary N) is 1. The van der Waals surface area contributed by atoms with Gasteiger partial charge in [-0.05, 0) is 61.4 Å². The standard InChI is InChI=1S/C19H19N3O2S2/c1-12-8-14(3)15(9-13(12)2)16-10-26-19(20-16)21-17(23)11-25-18-6-4-5-7-22(18)24/h4-10H,11H2,1-3H3,(H,20,21,23). The van der Waals surface area contributed by atoms with Gasteiger partial charge in [-0.15, -0.1) is 11.3 Å². The number of aromatic nitrogens is 2. The van der Waals surface area contributed by atoms with Crippen LogP contribution in [0, 0.1) is 26.0 Å². The molecule has 0 bridgehead atoms. The molecule has 0 atom stereocenters. The molecule has 3 aromatic rings. The molecular formula is C19H19N3O2S2. The van der Waals surface area contributed by atoms with Crippen molar-refractivity contribution in [1.82, 2.24) is 4.98 Å². The first-order valence-electron chi connectivity index (χ1n) is 8.08. The van der Waals surface area contributed by atoms with Gasteiger partial charge >= 0.3 is 0 Å². The van der Waals surface area contributed by atoms with Crippen molar-refractivity contribution in [2.75, 3.05) is 11.1 Å². The normalized spacial score (nSPS) is 10.7. The number of hydrogen-bond donors (Lipinski definition) is 1. The van der Waals surface area contributed by atoms with Crippen LogP contribution in [0.5, 0.6) is 0 Å². The topological polar surface area (TPSA) is 68.9 Å². The molecule has 0 aliphatic heterocycles. The largest absolute Gasteiger partial charge is 0.618 e. The molecule has 0 aliphatic rings. The van der Waals surface area contributed by atoms with Gasteiger partial charge in [0.2, 0.25) is 5.91 Å². The van der Waals surface area contributed by atoms with Crippen LogP contribution in [0.2, 0.25) is 0 Å². The lowest BCUT2D eigenvalue weighted by Crippen LogP contribution is -2.28. The van der Waals surface area contributed by atoms with E-state index in [2.05, 4.69) is 43.2 Å². The highest BCUT2D eigenvalue weighted by Crippen LogP contribution is 2.29. The van der Waals surface area contributed by atoms with E-state index in [0.29, 0.717) is 10.2 Å². The molecule has 26 heavy (non-hydrogen) atoms. The molecule has 2 aromatic heterocycles. The minimum absolute atomic E-state index is 0.157. The van der Waals surface area contributed by atoms with Crippen LogP contribution >= 0.6 is 23.1 Å². The molecule has 0 unspecified atom stereocenters. The number of aryl methyl sites for hydroxylation is 3. The molecule has 0 fully saturated rings. The Kier molecular flexibility index (Phi) is 5.58. The van der Waals surface area contributed by atoms with Crippen LogP contribution in [0.1, 0.15) is 16.7 Å². The van der Waals surface area contributed by atoms with Gasteiger partial charge in [-0.3, -0.25) is 4.79 Å². The number of anilines is 1. The van der Waals surface area contributed by atoms with Crippen LogP contribution in [-0.2, 0) is 4.79 Å². The SMILES string of the molecule is Cc1cc(C)c(-c2csc(NC(=O)CSc3cccc[n+]3[O-])n2)cc1C. The number of benzene rings is 1. The monoisotopic (exact) mass is 385 g/mol. The summed E-state index contributed by atoms with van der Waals surface area (Å²) in [7, 11) is 0. The molecule has 1 aromatic carbocycles. The number of thioether (sulfide) groups is 1. The Morgan fingerprint density at radius 2 is 2.00 bits per heavy atom. The third kappa shape index (κ3) is 4.23. The van der Waals surface area contributed by atoms with Crippen molar-refractivity contribution in [3.63, 3.8) is 0 Å². The number of hydrogen-bond acceptors (Lipinski definition) is 5. The number of pyridine rings is 1. The summed E-state index contributed by atoms with van der Waals surface area (Å²) in [5.41, 5.74) is 5.57. The van der Waals surface area contributed by atoms with Gasteiger partial charge in [-0.25, -0.2) is 4.98 Å². The molecule has 1 N–H and O–H groups in total. The molecular weight excluding hydrogens is 366 g/mol. The summed E-state index contributed by atoms with van der Waals surface area (Å²) in [4.78, 5) is 16.7. The summed E-state index contributed by atoms with van der Waals surface area (Å²) >= 11 is 2.60. The van der Waals surface area contributed by atoms with E-state index in [0.717, 1.165) is 21.6 Å². The molecule has 5 nitrogen and oxygen atoms in total. The van der Waals surface area contributed by atoms with Crippen molar-refractivity contribution in [3.8, 4) is 11.3 Å². The van der Waals surface area contributed by atoms with Crippen LogP contribution < -0.4 is 10.0 Å². The first-order chi connectivity index (χ1) is 12.4. The average Bonchev–Trinajstić information content (AvgIpc) is 3.05. The van der Waals surface area contributed by atoms with Gasteiger partial charge in [0.25, 0.3) is 5.03 Å². The predicted octanol–water partition coefficient (Wildman–Crippen LogP) is 4.10. The van der Waals surface area contributed by atoms with Gasteiger partial charge in [0.1, 0.15) is 0 Å². The van der Waals surface area contributed by atoms with E-state index in [1.165, 1.54) is 40.4 Å². The third-order valence-electron chi connectivity index (χ3n) is 4.01. The molecule has 2 heterocycles. The van der Waals surface area contributed by atoms with Crippen LogP contribution in [0.25, 0.3) is 11.3 Å². The molecule has 0 saturated carbocycles. The fourth-order valence-corrected chi connectivity index (χ4v) is 3.95. The van der Waals surface area contributed by atoms with Gasteiger partial charge in [-0.2, -0.15) is 4.73 Å². The van der Waals surface area contributed by atoms with E-state index in [1.54, 1.807) is 18.2 Å². The Morgan fingerprint density at radius 1 is 1.23 bits per heavy atom. The number of rotatable bonds is 5. The van der Waals surface area contributed by atoms with Crippen LogP contribution in [-0.4, -0.2) is 16.6 Å². The summed E-state index contributed by atoms with van der Waals surface area (Å²) in [6, 6.07) is 9.39. The van der Waals surface area contributed by atoms with E-state index in [-0.39, 0.29) is 11.7 Å². The lowest BCUT2D eigenvalue weighted by Gasteiger charge is -2.07. The molecule has 0 spiro atoms. The summed E-state index contributed by atoms with van der Waals surface area (Å²) in [6.45, 7) is 6.24. The third-order valence-corrected chi connectivity index (χ3v) is 5.78. The fraction of sp³-hybridized carbons (Fsp3) is 0.211. The fourth-order valence-electron chi connectivity index (χ4n) is 2.51. The summed E-state index contributed by atoms with van der Waals surface area (Å²) in [6.07, 6.45) is 1.42. The maximum absolute atomic E-state index is 12.1. The Morgan fingerprint density at radius 3 is 2.77 bits per heavy atom. The molecule has 0 radical (unpaired) electrons. The minimum atomic E-state index is -0.184. The summed E-state index contributed by atoms with van der Waals surface area (Å²) in [5, 5.41) is 17.4. The Bertz CT molecular complexity index is 954. The lowest BCUT2D eigenvalue weighted by molar-refractivity contribution is -0.645. The van der Waals surface area contributed by atoms with Crippen molar-refractivity contribution in [2.24, 2.45) is 0 Å². The van der Waals surface area contributed by atoms with Crippen molar-refractivity contribution < 1.29 is 9.52 Å². The average molecular weight is 386 g/mol. The number of amides is 1. The summed E-state index contributed by atoms with van der Waals surface area (Å²) < 4.78 is 0.752. The Balaban J connectivity index is 1.66. The van der Waals surface area contributed by atoms with Crippen molar-refractivity contribution in [2.45, 2.75) is 25.8 Å². The zero-order valence-electron chi connectivity index (χ0n) is 14.8. The van der Waals surface area contributed by atoms with Gasteiger partial charge in [0.05, 0.1) is 11.4 Å². The van der Waals surface area contributed by atoms with Crippen LogP contribution in [0.3, 0.4) is 0 Å². The second-order valence-electron chi connectivity index (χ2n) is 5.99. The van der Waals surface area contributed by atoms with Gasteiger partial charge in [-0.1, -0.05) is 6.07 Å². The van der Waals surface area contributed by atoms with Crippen LogP contribution in [0.4, 0.5) is 5.13 Å². The molecule has 0 aliphatic carbocycles. The van der Waals surface area contributed by atoms with E-state index < -0.39 is 0 Å². The highest BCUT2D eigenvalue weighted by molar-refractivity contribution is 7.99. The molecule has 1 amide bonds. The maximum Gasteiger partial charge on any atom is 0.251 e. The van der Waals surface area contributed by atoms with Crippen molar-refractivity contribution in [1.29, 1.82) is 0 Å². The van der Waals surface area contributed by atoms with Gasteiger partial charge < -0.3 is 10.5 Å². The number of carbonyl (C=O) groups excluding carboxylic acids is 1. The quantitative estimate of drug-likeness (QED) is 0.408. The summed E-state index contributed by atoms with van der Waals surface area (Å²) in [5.74, 6) is -0.0272. The Hall–Kier alpha value is -2.38. The highest BCUT2D eigenvalue weighted by Gasteiger charge is 2.13. The maximum atomic E-state index is 12.1. The molecule has 3 rings (SSSR count). The van der Waals surface area contributed by atoms with E-state index in [1.807, 2.05) is 5.38 Å². The highest BCUT2D eigenvalue weighted by atomic mass is 32.2. The number of carbonyl (C=O) groups is 1. The van der Waals surface area contributed by atoms with Gasteiger partial charge in [0.15, 0.2) is 11.3 Å². The van der Waals surface area contributed by atoms with Crippen LogP contribution in [0.15, 0.2) is 46.9 Å². The minimum Gasteiger partial charge on any atom is -0.618 e. The second-order valence-corrected chi connectivity index (χ2v) is 7.84.